The van der Waals surface area contributed by atoms with Crippen molar-refractivity contribution in [2.24, 2.45) is 5.92 Å². The monoisotopic (exact) mass is 891 g/mol. The van der Waals surface area contributed by atoms with Crippen molar-refractivity contribution in [2.45, 2.75) is 66.5 Å². The highest BCUT2D eigenvalue weighted by Gasteiger charge is 2.28. The van der Waals surface area contributed by atoms with E-state index in [4.69, 9.17) is 9.97 Å². The van der Waals surface area contributed by atoms with Crippen molar-refractivity contribution >= 4 is 54.4 Å². The van der Waals surface area contributed by atoms with Crippen LogP contribution in [0.4, 0.5) is 17.1 Å². The van der Waals surface area contributed by atoms with Crippen LogP contribution in [-0.4, -0.2) is 26.1 Å². The number of nitrogens with zero attached hydrogens (tertiary/aromatic N) is 3. The highest BCUT2D eigenvalue weighted by Crippen LogP contribution is 2.51. The summed E-state index contributed by atoms with van der Waals surface area (Å²) in [6.07, 6.45) is 5.25. The van der Waals surface area contributed by atoms with E-state index in [1.807, 2.05) is 0 Å². The molecule has 0 saturated carbocycles. The van der Waals surface area contributed by atoms with Crippen LogP contribution in [0.1, 0.15) is 25.0 Å². The van der Waals surface area contributed by atoms with Gasteiger partial charge in [0.2, 0.25) is 0 Å². The maximum atomic E-state index is 5.33. The normalized spacial score (nSPS) is 11.9. The minimum atomic E-state index is -1.62. The van der Waals surface area contributed by atoms with E-state index in [0.717, 1.165) is 84.9 Å². The van der Waals surface area contributed by atoms with E-state index < -0.39 is 16.1 Å². The van der Waals surface area contributed by atoms with Gasteiger partial charge in [-0.2, -0.15) is 0 Å². The zero-order chi connectivity index (χ0) is 46.2. The second-order valence-electron chi connectivity index (χ2n) is 20.3. The summed E-state index contributed by atoms with van der Waals surface area (Å²) in [7, 11) is -3.20. The van der Waals surface area contributed by atoms with Gasteiger partial charge in [0.15, 0.2) is 0 Å². The van der Waals surface area contributed by atoms with Gasteiger partial charge in [0, 0.05) is 34.5 Å². The molecule has 2 aromatic heterocycles. The topological polar surface area (TPSA) is 29.0 Å². The second kappa shape index (κ2) is 18.3. The van der Waals surface area contributed by atoms with Crippen molar-refractivity contribution in [2.75, 3.05) is 4.90 Å². The Kier molecular flexibility index (Phi) is 12.4. The van der Waals surface area contributed by atoms with E-state index >= 15 is 0 Å². The van der Waals surface area contributed by atoms with Crippen LogP contribution < -0.4 is 15.3 Å². The molecule has 0 aliphatic rings. The number of hydrogen-bond donors (Lipinski definition) is 0. The summed E-state index contributed by atoms with van der Waals surface area (Å²) < 4.78 is 0. The Hall–Kier alpha value is -6.67. The van der Waals surface area contributed by atoms with E-state index in [1.54, 1.807) is 0 Å². The van der Waals surface area contributed by atoms with Crippen LogP contribution in [0.15, 0.2) is 188 Å². The Morgan fingerprint density at radius 2 is 0.909 bits per heavy atom. The second-order valence-corrected chi connectivity index (χ2v) is 30.4. The Labute approximate surface area is 394 Å². The minimum Gasteiger partial charge on any atom is -0.309 e. The fraction of sp³-hybridized carbons (Fsp3) is 0.180. The first-order chi connectivity index (χ1) is 31.7. The lowest BCUT2D eigenvalue weighted by molar-refractivity contribution is 0.650. The molecule has 328 valence electrons. The van der Waals surface area contributed by atoms with Gasteiger partial charge in [-0.15, -0.1) is 0 Å². The van der Waals surface area contributed by atoms with Gasteiger partial charge in [-0.3, -0.25) is 9.97 Å². The zero-order valence-corrected chi connectivity index (χ0v) is 42.0. The Morgan fingerprint density at radius 3 is 1.41 bits per heavy atom. The third-order valence-electron chi connectivity index (χ3n) is 12.9. The molecule has 0 atom stereocenters. The molecule has 0 N–H and O–H groups in total. The summed E-state index contributed by atoms with van der Waals surface area (Å²) >= 11 is 0. The van der Waals surface area contributed by atoms with Gasteiger partial charge in [0.25, 0.3) is 0 Å². The number of pyridine rings is 2. The summed E-state index contributed by atoms with van der Waals surface area (Å²) in [4.78, 5) is 13.2. The van der Waals surface area contributed by atoms with Crippen LogP contribution in [0.5, 0.6) is 0 Å². The first-order valence-electron chi connectivity index (χ1n) is 23.5. The van der Waals surface area contributed by atoms with E-state index in [1.165, 1.54) is 26.7 Å². The maximum Gasteiger partial charge on any atom is 0.0796 e. The summed E-state index contributed by atoms with van der Waals surface area (Å²) in [5.41, 5.74) is 16.8. The number of anilines is 3. The van der Waals surface area contributed by atoms with Crippen LogP contribution in [0.2, 0.25) is 39.3 Å². The van der Waals surface area contributed by atoms with Gasteiger partial charge in [0.05, 0.1) is 44.6 Å². The van der Waals surface area contributed by atoms with Gasteiger partial charge >= 0.3 is 0 Å². The third kappa shape index (κ3) is 9.11. The molecule has 3 nitrogen and oxygen atoms in total. The molecular weight excluding hydrogens is 831 g/mol. The van der Waals surface area contributed by atoms with Crippen LogP contribution >= 0.6 is 0 Å². The van der Waals surface area contributed by atoms with Crippen LogP contribution in [-0.2, 0) is 6.42 Å². The summed E-state index contributed by atoms with van der Waals surface area (Å²) in [6, 6.07) is 65.0. The Morgan fingerprint density at radius 1 is 0.439 bits per heavy atom. The SMILES string of the molecule is Cc1c(-c2ccc([Si](C)(C)C)cn2)cc(-c2ccccc2)cc1N(c1cc(-c2ccccc2)cc(-c2ccc([Si](C)(C)C)cn2)c1-c1ccccc1)c1ccc(CC(C)C)c2ccccc12. The van der Waals surface area contributed by atoms with E-state index in [-0.39, 0.29) is 0 Å². The lowest BCUT2D eigenvalue weighted by Crippen LogP contribution is -2.37. The smallest absolute Gasteiger partial charge is 0.0796 e. The molecule has 0 fully saturated rings. The average Bonchev–Trinajstić information content (AvgIpc) is 3.32. The molecule has 5 heteroatoms. The molecule has 66 heavy (non-hydrogen) atoms. The fourth-order valence-electron chi connectivity index (χ4n) is 9.25. The van der Waals surface area contributed by atoms with Gasteiger partial charge in [0.1, 0.15) is 0 Å². The molecule has 9 aromatic rings. The highest BCUT2D eigenvalue weighted by atomic mass is 28.3. The van der Waals surface area contributed by atoms with Crippen molar-refractivity contribution in [3.8, 4) is 55.9 Å². The lowest BCUT2D eigenvalue weighted by Gasteiger charge is -2.33. The van der Waals surface area contributed by atoms with E-state index in [9.17, 15) is 0 Å². The number of hydrogen-bond acceptors (Lipinski definition) is 3. The van der Waals surface area contributed by atoms with Gasteiger partial charge < -0.3 is 4.90 Å². The molecule has 0 saturated heterocycles. The molecule has 0 aliphatic carbocycles. The van der Waals surface area contributed by atoms with Crippen molar-refractivity contribution in [1.29, 1.82) is 0 Å². The first-order valence-corrected chi connectivity index (χ1v) is 30.5. The van der Waals surface area contributed by atoms with Crippen LogP contribution in [0.25, 0.3) is 66.7 Å². The summed E-state index contributed by atoms with van der Waals surface area (Å²) in [5, 5.41) is 5.18. The number of benzene rings is 7. The quantitative estimate of drug-likeness (QED) is 0.114. The number of aromatic nitrogens is 2. The molecular formula is C61H61N3Si2. The first kappa shape index (κ1) is 44.5. The Balaban J connectivity index is 1.45. The lowest BCUT2D eigenvalue weighted by atomic mass is 9.88. The van der Waals surface area contributed by atoms with E-state index in [2.05, 4.69) is 253 Å². The highest BCUT2D eigenvalue weighted by molar-refractivity contribution is 6.89. The minimum absolute atomic E-state index is 0.511. The molecule has 0 unspecified atom stereocenters. The van der Waals surface area contributed by atoms with Crippen LogP contribution in [0, 0.1) is 12.8 Å². The van der Waals surface area contributed by atoms with Crippen LogP contribution in [0.3, 0.4) is 0 Å². The predicted molar refractivity (Wildman–Crippen MR) is 291 cm³/mol. The van der Waals surface area contributed by atoms with Gasteiger partial charge in [-0.05, 0) is 116 Å². The molecule has 0 aliphatic heterocycles. The summed E-state index contributed by atoms with van der Waals surface area (Å²) in [6.45, 7) is 21.2. The van der Waals surface area contributed by atoms with Crippen molar-refractivity contribution in [1.82, 2.24) is 9.97 Å². The largest absolute Gasteiger partial charge is 0.309 e. The third-order valence-corrected chi connectivity index (χ3v) is 17.0. The molecule has 0 bridgehead atoms. The molecule has 9 rings (SSSR count). The van der Waals surface area contributed by atoms with E-state index in [0.29, 0.717) is 5.92 Å². The number of fused-ring (bicyclic) bond motifs is 1. The maximum absolute atomic E-state index is 5.33. The molecule has 0 amide bonds. The average molecular weight is 892 g/mol. The zero-order valence-electron chi connectivity index (χ0n) is 40.0. The Bertz CT molecular complexity index is 3130. The fourth-order valence-corrected chi connectivity index (χ4v) is 11.3. The van der Waals surface area contributed by atoms with Crippen molar-refractivity contribution in [3.63, 3.8) is 0 Å². The van der Waals surface area contributed by atoms with Crippen molar-refractivity contribution in [3.05, 3.63) is 199 Å². The molecule has 2 heterocycles. The predicted octanol–water partition coefficient (Wildman–Crippen LogP) is 16.0. The molecule has 0 radical (unpaired) electrons. The summed E-state index contributed by atoms with van der Waals surface area (Å²) in [5.74, 6) is 0.511. The van der Waals surface area contributed by atoms with Gasteiger partial charge in [-0.25, -0.2) is 0 Å². The number of rotatable bonds is 12. The van der Waals surface area contributed by atoms with Crippen molar-refractivity contribution < 1.29 is 0 Å². The molecule has 0 spiro atoms. The van der Waals surface area contributed by atoms with Gasteiger partial charge in [-0.1, -0.05) is 187 Å². The molecule has 7 aromatic carbocycles. The standard InChI is InChI=1S/C61H61N3Si2/c1-42(2)35-47-29-34-58(53-28-20-19-27-52(47)53)64(59-38-48(44-21-13-10-14-22-44)36-54(43(59)3)56-32-30-50(40-62-56)65(4,5)6)60-39-49(45-23-15-11-16-24-45)37-55(61(60)46-25-17-12-18-26-46)57-33-31-51(41-63-57)66(7,8)9/h10-34,36-42H,35H2,1-9H3.